The first kappa shape index (κ1) is 24.4. The molecule has 0 aliphatic carbocycles. The number of methoxy groups -OCH3 is 1. The Balaban J connectivity index is 1.84. The highest BCUT2D eigenvalue weighted by Crippen LogP contribution is 2.32. The average Bonchev–Trinajstić information content (AvgIpc) is 3.13. The van der Waals surface area contributed by atoms with Crippen LogP contribution >= 0.6 is 23.4 Å². The fraction of sp³-hybridized carbons (Fsp3) is 0.217. The average molecular weight is 489 g/mol. The van der Waals surface area contributed by atoms with E-state index in [2.05, 4.69) is 10.1 Å². The number of carbonyl (C=O) groups excluding carboxylic acids is 1. The Bertz CT molecular complexity index is 1270. The number of carbonyl (C=O) groups is 1. The van der Waals surface area contributed by atoms with Crippen LogP contribution < -0.4 is 4.74 Å². The third-order valence-electron chi connectivity index (χ3n) is 4.65. The highest BCUT2D eigenvalue weighted by molar-refractivity contribution is 7.98. The third-order valence-corrected chi connectivity index (χ3v) is 5.95. The van der Waals surface area contributed by atoms with Crippen LogP contribution in [0.1, 0.15) is 44.9 Å². The van der Waals surface area contributed by atoms with Crippen LogP contribution in [-0.4, -0.2) is 27.7 Å². The van der Waals surface area contributed by atoms with Crippen molar-refractivity contribution in [1.82, 2.24) is 14.8 Å². The van der Waals surface area contributed by atoms with Gasteiger partial charge in [0.25, 0.3) is 6.43 Å². The first-order chi connectivity index (χ1) is 15.7. The minimum Gasteiger partial charge on any atom is -0.496 e. The Kier molecular flexibility index (Phi) is 7.84. The van der Waals surface area contributed by atoms with Gasteiger partial charge in [0.1, 0.15) is 22.5 Å². The van der Waals surface area contributed by atoms with Gasteiger partial charge >= 0.3 is 0 Å². The number of nitriles is 1. The quantitative estimate of drug-likeness (QED) is 0.227. The number of allylic oxidation sites excluding steroid dienone is 1. The second-order valence-corrected chi connectivity index (χ2v) is 8.38. The molecule has 10 heteroatoms. The van der Waals surface area contributed by atoms with Gasteiger partial charge in [-0.25, -0.2) is 13.8 Å². The van der Waals surface area contributed by atoms with E-state index in [4.69, 9.17) is 16.3 Å². The lowest BCUT2D eigenvalue weighted by Crippen LogP contribution is -1.99. The second kappa shape index (κ2) is 10.6. The van der Waals surface area contributed by atoms with Crippen molar-refractivity contribution in [3.8, 4) is 11.8 Å². The summed E-state index contributed by atoms with van der Waals surface area (Å²) in [6.45, 7) is 1.60. The van der Waals surface area contributed by atoms with Crippen molar-refractivity contribution in [2.75, 3.05) is 7.11 Å². The molecule has 0 aliphatic rings. The normalized spacial score (nSPS) is 11.2. The van der Waals surface area contributed by atoms with Crippen molar-refractivity contribution in [2.24, 2.45) is 7.05 Å². The standard InChI is InChI=1S/C23H19ClF2N4O2S/c1-13-8-18(22(25)26)28-23(16(13)10-27)33-12-15-9-14(5-7-20(15)32-3)4-6-19(31)21-17(24)11-30(2)29-21/h4-9,11,22H,12H2,1-3H3/b6-4+. The van der Waals surface area contributed by atoms with Crippen LogP contribution in [0.4, 0.5) is 8.78 Å². The van der Waals surface area contributed by atoms with Gasteiger partial charge in [-0.15, -0.1) is 11.8 Å². The number of nitrogens with zero attached hydrogens (tertiary/aromatic N) is 4. The summed E-state index contributed by atoms with van der Waals surface area (Å²) in [5.74, 6) is 0.562. The minimum atomic E-state index is -2.73. The lowest BCUT2D eigenvalue weighted by atomic mass is 10.1. The van der Waals surface area contributed by atoms with Gasteiger partial charge in [0.05, 0.1) is 17.7 Å². The lowest BCUT2D eigenvalue weighted by molar-refractivity contribution is 0.104. The smallest absolute Gasteiger partial charge is 0.280 e. The van der Waals surface area contributed by atoms with E-state index >= 15 is 0 Å². The number of halogens is 3. The van der Waals surface area contributed by atoms with E-state index in [9.17, 15) is 18.8 Å². The number of pyridine rings is 1. The number of hydrogen-bond acceptors (Lipinski definition) is 6. The SMILES string of the molecule is COc1ccc(/C=C/C(=O)c2nn(C)cc2Cl)cc1CSc1nc(C(F)F)cc(C)c1C#N. The van der Waals surface area contributed by atoms with Crippen LogP contribution in [0, 0.1) is 18.3 Å². The fourth-order valence-corrected chi connectivity index (χ4v) is 4.37. The fourth-order valence-electron chi connectivity index (χ4n) is 3.06. The molecule has 2 aromatic heterocycles. The van der Waals surface area contributed by atoms with E-state index in [1.807, 2.05) is 12.1 Å². The number of alkyl halides is 2. The molecule has 3 rings (SSSR count). The van der Waals surface area contributed by atoms with Crippen molar-refractivity contribution in [1.29, 1.82) is 5.26 Å². The molecule has 0 spiro atoms. The number of aryl methyl sites for hydroxylation is 2. The zero-order valence-corrected chi connectivity index (χ0v) is 19.5. The molecular formula is C23H19ClF2N4O2S. The van der Waals surface area contributed by atoms with E-state index in [1.54, 1.807) is 38.4 Å². The van der Waals surface area contributed by atoms with E-state index < -0.39 is 6.43 Å². The molecule has 0 unspecified atom stereocenters. The van der Waals surface area contributed by atoms with Gasteiger partial charge in [0, 0.05) is 24.6 Å². The summed E-state index contributed by atoms with van der Waals surface area (Å²) in [6, 6.07) is 8.59. The molecule has 6 nitrogen and oxygen atoms in total. The number of aromatic nitrogens is 3. The summed E-state index contributed by atoms with van der Waals surface area (Å²) >= 11 is 7.19. The maximum Gasteiger partial charge on any atom is 0.280 e. The maximum absolute atomic E-state index is 13.2. The molecule has 0 amide bonds. The molecule has 33 heavy (non-hydrogen) atoms. The number of ether oxygens (including phenoxy) is 1. The van der Waals surface area contributed by atoms with Crippen molar-refractivity contribution in [3.05, 3.63) is 75.2 Å². The number of ketones is 1. The van der Waals surface area contributed by atoms with Crippen molar-refractivity contribution in [3.63, 3.8) is 0 Å². The molecular weight excluding hydrogens is 470 g/mol. The van der Waals surface area contributed by atoms with Crippen LogP contribution in [0.3, 0.4) is 0 Å². The van der Waals surface area contributed by atoms with E-state index in [1.165, 1.54) is 35.7 Å². The Hall–Kier alpha value is -3.22. The van der Waals surface area contributed by atoms with Gasteiger partial charge in [0.2, 0.25) is 5.78 Å². The molecule has 0 atom stereocenters. The van der Waals surface area contributed by atoms with Crippen LogP contribution in [0.2, 0.25) is 5.02 Å². The maximum atomic E-state index is 13.2. The Morgan fingerprint density at radius 2 is 2.15 bits per heavy atom. The first-order valence-electron chi connectivity index (χ1n) is 9.64. The largest absolute Gasteiger partial charge is 0.496 e. The number of hydrogen-bond donors (Lipinski definition) is 0. The van der Waals surface area contributed by atoms with Crippen molar-refractivity contribution in [2.45, 2.75) is 24.1 Å². The zero-order chi connectivity index (χ0) is 24.1. The molecule has 0 fully saturated rings. The highest BCUT2D eigenvalue weighted by Gasteiger charge is 2.17. The minimum absolute atomic E-state index is 0.157. The topological polar surface area (TPSA) is 80.8 Å². The molecule has 3 aromatic rings. The van der Waals surface area contributed by atoms with Crippen LogP contribution in [-0.2, 0) is 12.8 Å². The molecule has 170 valence electrons. The van der Waals surface area contributed by atoms with Gasteiger partial charge in [-0.05, 0) is 42.3 Å². The molecule has 0 bridgehead atoms. The Labute approximate surface area is 198 Å². The van der Waals surface area contributed by atoms with E-state index in [0.717, 1.165) is 11.1 Å². The Morgan fingerprint density at radius 1 is 1.39 bits per heavy atom. The molecule has 1 aromatic carbocycles. The monoisotopic (exact) mass is 488 g/mol. The molecule has 0 saturated heterocycles. The van der Waals surface area contributed by atoms with Gasteiger partial charge in [-0.1, -0.05) is 23.7 Å². The third kappa shape index (κ3) is 5.78. The molecule has 0 radical (unpaired) electrons. The zero-order valence-electron chi connectivity index (χ0n) is 18.0. The summed E-state index contributed by atoms with van der Waals surface area (Å²) < 4.78 is 33.2. The van der Waals surface area contributed by atoms with E-state index in [0.29, 0.717) is 17.1 Å². The van der Waals surface area contributed by atoms with Crippen LogP contribution in [0.5, 0.6) is 5.75 Å². The van der Waals surface area contributed by atoms with Crippen LogP contribution in [0.15, 0.2) is 41.6 Å². The molecule has 2 heterocycles. The lowest BCUT2D eigenvalue weighted by Gasteiger charge is -2.12. The summed E-state index contributed by atoms with van der Waals surface area (Å²) in [4.78, 5) is 16.4. The number of thioether (sulfide) groups is 1. The van der Waals surface area contributed by atoms with Crippen molar-refractivity contribution < 1.29 is 18.3 Å². The van der Waals surface area contributed by atoms with Crippen molar-refractivity contribution >= 4 is 35.2 Å². The van der Waals surface area contributed by atoms with Crippen LogP contribution in [0.25, 0.3) is 6.08 Å². The summed E-state index contributed by atoms with van der Waals surface area (Å²) in [6.07, 6.45) is 1.81. The van der Waals surface area contributed by atoms with Gasteiger partial charge in [-0.2, -0.15) is 10.4 Å². The molecule has 0 N–H and O–H groups in total. The first-order valence-corrected chi connectivity index (χ1v) is 11.0. The van der Waals surface area contributed by atoms with Gasteiger partial charge in [0.15, 0.2) is 5.69 Å². The molecule has 0 saturated carbocycles. The second-order valence-electron chi connectivity index (χ2n) is 7.01. The van der Waals surface area contributed by atoms with Gasteiger partial charge < -0.3 is 4.74 Å². The number of benzene rings is 1. The summed E-state index contributed by atoms with van der Waals surface area (Å²) in [7, 11) is 3.19. The summed E-state index contributed by atoms with van der Waals surface area (Å²) in [5.41, 5.74) is 1.96. The predicted molar refractivity (Wildman–Crippen MR) is 123 cm³/mol. The molecule has 0 aliphatic heterocycles. The van der Waals surface area contributed by atoms with Gasteiger partial charge in [-0.3, -0.25) is 9.48 Å². The number of rotatable bonds is 8. The highest BCUT2D eigenvalue weighted by atomic mass is 35.5. The Morgan fingerprint density at radius 3 is 2.76 bits per heavy atom. The van der Waals surface area contributed by atoms with E-state index in [-0.39, 0.29) is 32.8 Å². The summed E-state index contributed by atoms with van der Waals surface area (Å²) in [5, 5.41) is 14.0. The predicted octanol–water partition coefficient (Wildman–Crippen LogP) is 5.78.